The number of thiophene rings is 1. The molecule has 3 rings (SSSR count). The largest absolute Gasteiger partial charge is 0.343 e. The number of nitrogens with zero attached hydrogens (tertiary/aromatic N) is 2. The molecule has 7 heteroatoms. The van der Waals surface area contributed by atoms with E-state index in [2.05, 4.69) is 4.98 Å². The van der Waals surface area contributed by atoms with Gasteiger partial charge in [-0.15, -0.1) is 11.3 Å². The Labute approximate surface area is 162 Å². The lowest BCUT2D eigenvalue weighted by Gasteiger charge is -2.33. The molecule has 0 aliphatic carbocycles. The normalized spacial score (nSPS) is 15.0. The van der Waals surface area contributed by atoms with Crippen molar-refractivity contribution in [3.63, 3.8) is 0 Å². The van der Waals surface area contributed by atoms with Crippen molar-refractivity contribution in [2.75, 3.05) is 26.2 Å². The van der Waals surface area contributed by atoms with Crippen molar-refractivity contribution in [2.45, 2.75) is 26.7 Å². The Morgan fingerprint density at radius 3 is 2.44 bits per heavy atom. The molecule has 144 valence electrons. The van der Waals surface area contributed by atoms with Crippen LogP contribution in [0.2, 0.25) is 0 Å². The maximum Gasteiger partial charge on any atom is 0.261 e. The summed E-state index contributed by atoms with van der Waals surface area (Å²) in [6.07, 6.45) is 1.29. The quantitative estimate of drug-likeness (QED) is 0.857. The van der Waals surface area contributed by atoms with Gasteiger partial charge < -0.3 is 14.8 Å². The monoisotopic (exact) mass is 387 g/mol. The fraction of sp³-hybridized carbons (Fsp3) is 0.450. The van der Waals surface area contributed by atoms with Gasteiger partial charge in [0.05, 0.1) is 10.6 Å². The summed E-state index contributed by atoms with van der Waals surface area (Å²) in [6.45, 7) is 6.38. The van der Waals surface area contributed by atoms with E-state index in [1.165, 1.54) is 11.3 Å². The highest BCUT2D eigenvalue weighted by Crippen LogP contribution is 2.23. The van der Waals surface area contributed by atoms with Gasteiger partial charge in [0.15, 0.2) is 0 Å². The number of rotatable bonds is 5. The molecule has 0 unspecified atom stereocenters. The van der Waals surface area contributed by atoms with Gasteiger partial charge in [0.1, 0.15) is 5.56 Å². The number of likely N-dealkylation sites (tertiary alicyclic amines) is 1. The second-order valence-corrected chi connectivity index (χ2v) is 7.62. The van der Waals surface area contributed by atoms with Crippen molar-refractivity contribution >= 4 is 23.2 Å². The summed E-state index contributed by atoms with van der Waals surface area (Å²) in [5, 5.41) is 1.94. The molecule has 0 spiro atoms. The first-order chi connectivity index (χ1) is 13.0. The van der Waals surface area contributed by atoms with Crippen LogP contribution in [-0.4, -0.2) is 52.8 Å². The average molecular weight is 388 g/mol. The van der Waals surface area contributed by atoms with Crippen LogP contribution in [0.1, 0.15) is 37.0 Å². The molecule has 0 atom stereocenters. The predicted molar refractivity (Wildman–Crippen MR) is 107 cm³/mol. The maximum absolute atomic E-state index is 12.8. The smallest absolute Gasteiger partial charge is 0.261 e. The van der Waals surface area contributed by atoms with Crippen molar-refractivity contribution in [2.24, 2.45) is 5.92 Å². The fourth-order valence-corrected chi connectivity index (χ4v) is 4.22. The second-order valence-electron chi connectivity index (χ2n) is 6.67. The highest BCUT2D eigenvalue weighted by molar-refractivity contribution is 7.13. The first kappa shape index (κ1) is 19.4. The summed E-state index contributed by atoms with van der Waals surface area (Å²) in [6, 6.07) is 7.22. The molecule has 1 aliphatic rings. The van der Waals surface area contributed by atoms with Crippen molar-refractivity contribution in [3.05, 3.63) is 45.6 Å². The predicted octanol–water partition coefficient (Wildman–Crippen LogP) is 2.82. The van der Waals surface area contributed by atoms with E-state index >= 15 is 0 Å². The van der Waals surface area contributed by atoms with E-state index in [0.717, 1.165) is 10.6 Å². The zero-order valence-electron chi connectivity index (χ0n) is 15.7. The first-order valence-corrected chi connectivity index (χ1v) is 10.3. The van der Waals surface area contributed by atoms with Crippen LogP contribution in [0, 0.1) is 5.92 Å². The van der Waals surface area contributed by atoms with Gasteiger partial charge in [-0.05, 0) is 50.3 Å². The lowest BCUT2D eigenvalue weighted by molar-refractivity contribution is -0.136. The van der Waals surface area contributed by atoms with E-state index in [-0.39, 0.29) is 28.9 Å². The molecular formula is C20H25N3O3S. The third-order valence-corrected chi connectivity index (χ3v) is 6.04. The number of aromatic amines is 1. The SMILES string of the molecule is CCN(CC)C(=O)C1CCN(C(=O)c2ccc(-c3cccs3)[nH]c2=O)CC1. The lowest BCUT2D eigenvalue weighted by atomic mass is 9.94. The molecule has 0 bridgehead atoms. The molecule has 1 saturated heterocycles. The minimum absolute atomic E-state index is 0.0339. The molecule has 0 aromatic carbocycles. The summed E-state index contributed by atoms with van der Waals surface area (Å²) < 4.78 is 0. The summed E-state index contributed by atoms with van der Waals surface area (Å²) >= 11 is 1.53. The number of carbonyl (C=O) groups is 2. The van der Waals surface area contributed by atoms with Crippen LogP contribution in [0.25, 0.3) is 10.6 Å². The van der Waals surface area contributed by atoms with Gasteiger partial charge in [-0.3, -0.25) is 14.4 Å². The molecule has 0 radical (unpaired) electrons. The number of amides is 2. The van der Waals surface area contributed by atoms with Gasteiger partial charge in [0.25, 0.3) is 11.5 Å². The van der Waals surface area contributed by atoms with Crippen molar-refractivity contribution < 1.29 is 9.59 Å². The van der Waals surface area contributed by atoms with E-state index < -0.39 is 0 Å². The van der Waals surface area contributed by atoms with Gasteiger partial charge in [-0.25, -0.2) is 0 Å². The van der Waals surface area contributed by atoms with Gasteiger partial charge in [0, 0.05) is 32.1 Å². The second kappa shape index (κ2) is 8.52. The molecule has 0 saturated carbocycles. The molecule has 2 aromatic heterocycles. The van der Waals surface area contributed by atoms with Crippen molar-refractivity contribution in [1.82, 2.24) is 14.8 Å². The molecule has 1 aliphatic heterocycles. The highest BCUT2D eigenvalue weighted by Gasteiger charge is 2.30. The van der Waals surface area contributed by atoms with Gasteiger partial charge >= 0.3 is 0 Å². The van der Waals surface area contributed by atoms with Crippen molar-refractivity contribution in [3.8, 4) is 10.6 Å². The van der Waals surface area contributed by atoms with E-state index in [1.807, 2.05) is 36.3 Å². The van der Waals surface area contributed by atoms with Crippen LogP contribution in [0.4, 0.5) is 0 Å². The molecule has 2 amide bonds. The standard InChI is InChI=1S/C20H25N3O3S/c1-3-22(4-2)19(25)14-9-11-23(12-10-14)20(26)15-7-8-16(21-18(15)24)17-6-5-13-27-17/h5-8,13-14H,3-4,9-12H2,1-2H3,(H,21,24). The zero-order chi connectivity index (χ0) is 19.4. The summed E-state index contributed by atoms with van der Waals surface area (Å²) in [7, 11) is 0. The minimum atomic E-state index is -0.368. The number of nitrogens with one attached hydrogen (secondary N) is 1. The minimum Gasteiger partial charge on any atom is -0.343 e. The summed E-state index contributed by atoms with van der Waals surface area (Å²) in [5.74, 6) is -0.124. The van der Waals surface area contributed by atoms with Crippen molar-refractivity contribution in [1.29, 1.82) is 0 Å². The van der Waals surface area contributed by atoms with Gasteiger partial charge in [-0.2, -0.15) is 0 Å². The molecule has 3 heterocycles. The number of carbonyl (C=O) groups excluding carboxylic acids is 2. The van der Waals surface area contributed by atoms with Crippen LogP contribution < -0.4 is 5.56 Å². The Kier molecular flexibility index (Phi) is 6.11. The number of hydrogen-bond donors (Lipinski definition) is 1. The van der Waals surface area contributed by atoms with E-state index in [9.17, 15) is 14.4 Å². The molecule has 2 aromatic rings. The zero-order valence-corrected chi connectivity index (χ0v) is 16.6. The molecule has 6 nitrogen and oxygen atoms in total. The number of aromatic nitrogens is 1. The van der Waals surface area contributed by atoms with Gasteiger partial charge in [0.2, 0.25) is 5.91 Å². The van der Waals surface area contributed by atoms with Crippen LogP contribution in [0.15, 0.2) is 34.4 Å². The van der Waals surface area contributed by atoms with Gasteiger partial charge in [-0.1, -0.05) is 6.07 Å². The number of pyridine rings is 1. The van der Waals surface area contributed by atoms with E-state index in [1.54, 1.807) is 17.0 Å². The summed E-state index contributed by atoms with van der Waals surface area (Å²) in [4.78, 5) is 44.9. The van der Waals surface area contributed by atoms with Crippen LogP contribution in [0.3, 0.4) is 0 Å². The Bertz CT molecular complexity index is 848. The fourth-order valence-electron chi connectivity index (χ4n) is 3.51. The average Bonchev–Trinajstić information content (AvgIpc) is 3.23. The molecule has 1 N–H and O–H groups in total. The number of hydrogen-bond acceptors (Lipinski definition) is 4. The van der Waals surface area contributed by atoms with E-state index in [0.29, 0.717) is 39.0 Å². The Morgan fingerprint density at radius 1 is 1.19 bits per heavy atom. The third kappa shape index (κ3) is 4.13. The van der Waals surface area contributed by atoms with Crippen LogP contribution >= 0.6 is 11.3 Å². The first-order valence-electron chi connectivity index (χ1n) is 9.40. The molecule has 27 heavy (non-hydrogen) atoms. The number of piperidine rings is 1. The van der Waals surface area contributed by atoms with Crippen LogP contribution in [-0.2, 0) is 4.79 Å². The van der Waals surface area contributed by atoms with E-state index in [4.69, 9.17) is 0 Å². The Hall–Kier alpha value is -2.41. The number of H-pyrrole nitrogens is 1. The Balaban J connectivity index is 1.66. The van der Waals surface area contributed by atoms with Crippen LogP contribution in [0.5, 0.6) is 0 Å². The highest BCUT2D eigenvalue weighted by atomic mass is 32.1. The third-order valence-electron chi connectivity index (χ3n) is 5.13. The Morgan fingerprint density at radius 2 is 1.89 bits per heavy atom. The maximum atomic E-state index is 12.8. The molecule has 1 fully saturated rings. The summed E-state index contributed by atoms with van der Waals surface area (Å²) in [5.41, 5.74) is 0.506. The topological polar surface area (TPSA) is 73.5 Å². The lowest BCUT2D eigenvalue weighted by Crippen LogP contribution is -2.45. The molecular weight excluding hydrogens is 362 g/mol.